The quantitative estimate of drug-likeness (QED) is 0.767. The highest BCUT2D eigenvalue weighted by Crippen LogP contribution is 2.41. The van der Waals surface area contributed by atoms with E-state index in [-0.39, 0.29) is 36.1 Å². The Hall–Kier alpha value is -2.16. The fourth-order valence-corrected chi connectivity index (χ4v) is 5.08. The summed E-state index contributed by atoms with van der Waals surface area (Å²) >= 11 is 0. The zero-order valence-electron chi connectivity index (χ0n) is 15.2. The SMILES string of the molecule is C#CCOC(=O)N1C2C=C(N3CCC4(CC3)CNC(=O)C4)CC1CCC2. The third-order valence-electron chi connectivity index (χ3n) is 6.53. The second-order valence-electron chi connectivity index (χ2n) is 8.12. The summed E-state index contributed by atoms with van der Waals surface area (Å²) in [5, 5.41) is 3.00. The van der Waals surface area contributed by atoms with E-state index in [4.69, 9.17) is 11.2 Å². The molecule has 3 fully saturated rings. The third-order valence-corrected chi connectivity index (χ3v) is 6.53. The van der Waals surface area contributed by atoms with Crippen molar-refractivity contribution in [1.29, 1.82) is 0 Å². The van der Waals surface area contributed by atoms with Gasteiger partial charge in [0.15, 0.2) is 6.61 Å². The molecule has 26 heavy (non-hydrogen) atoms. The minimum Gasteiger partial charge on any atom is -0.436 e. The maximum atomic E-state index is 12.4. The molecule has 6 nitrogen and oxygen atoms in total. The largest absolute Gasteiger partial charge is 0.436 e. The summed E-state index contributed by atoms with van der Waals surface area (Å²) in [7, 11) is 0. The summed E-state index contributed by atoms with van der Waals surface area (Å²) in [4.78, 5) is 28.4. The Morgan fingerprint density at radius 3 is 2.85 bits per heavy atom. The van der Waals surface area contributed by atoms with Crippen molar-refractivity contribution in [2.75, 3.05) is 26.2 Å². The molecule has 4 aliphatic heterocycles. The van der Waals surface area contributed by atoms with Gasteiger partial charge in [-0.05, 0) is 43.6 Å². The summed E-state index contributed by atoms with van der Waals surface area (Å²) in [6, 6.07) is 0.332. The highest BCUT2D eigenvalue weighted by Gasteiger charge is 2.43. The van der Waals surface area contributed by atoms with Gasteiger partial charge in [0, 0.05) is 44.2 Å². The minimum atomic E-state index is -0.277. The Morgan fingerprint density at radius 2 is 2.19 bits per heavy atom. The number of fused-ring (bicyclic) bond motifs is 2. The molecule has 2 atom stereocenters. The molecule has 4 rings (SSSR count). The van der Waals surface area contributed by atoms with Crippen LogP contribution in [-0.4, -0.2) is 60.1 Å². The Kier molecular flexibility index (Phi) is 4.56. The van der Waals surface area contributed by atoms with E-state index in [2.05, 4.69) is 22.2 Å². The van der Waals surface area contributed by atoms with Crippen molar-refractivity contribution in [3.8, 4) is 12.3 Å². The molecule has 2 unspecified atom stereocenters. The van der Waals surface area contributed by atoms with Crippen LogP contribution in [0.15, 0.2) is 11.8 Å². The molecule has 3 saturated heterocycles. The van der Waals surface area contributed by atoms with Gasteiger partial charge < -0.3 is 15.0 Å². The van der Waals surface area contributed by atoms with Gasteiger partial charge in [0.2, 0.25) is 5.91 Å². The maximum Gasteiger partial charge on any atom is 0.411 e. The smallest absolute Gasteiger partial charge is 0.411 e. The molecular formula is C20H27N3O3. The van der Waals surface area contributed by atoms with Crippen molar-refractivity contribution in [1.82, 2.24) is 15.1 Å². The van der Waals surface area contributed by atoms with Gasteiger partial charge in [0.1, 0.15) is 0 Å². The second kappa shape index (κ2) is 6.86. The molecular weight excluding hydrogens is 330 g/mol. The molecule has 0 radical (unpaired) electrons. The molecule has 0 aromatic rings. The van der Waals surface area contributed by atoms with E-state index in [0.29, 0.717) is 6.42 Å². The molecule has 0 aliphatic carbocycles. The van der Waals surface area contributed by atoms with Gasteiger partial charge in [-0.2, -0.15) is 0 Å². The topological polar surface area (TPSA) is 61.9 Å². The van der Waals surface area contributed by atoms with Crippen LogP contribution < -0.4 is 5.32 Å². The van der Waals surface area contributed by atoms with Gasteiger partial charge in [-0.1, -0.05) is 5.92 Å². The lowest BCUT2D eigenvalue weighted by molar-refractivity contribution is -0.119. The lowest BCUT2D eigenvalue weighted by Crippen LogP contribution is -2.54. The highest BCUT2D eigenvalue weighted by atomic mass is 16.6. The summed E-state index contributed by atoms with van der Waals surface area (Å²) in [5.74, 6) is 2.57. The number of hydrogen-bond acceptors (Lipinski definition) is 4. The Morgan fingerprint density at radius 1 is 1.38 bits per heavy atom. The van der Waals surface area contributed by atoms with Crippen molar-refractivity contribution in [3.63, 3.8) is 0 Å². The van der Waals surface area contributed by atoms with Crippen LogP contribution in [0.2, 0.25) is 0 Å². The number of piperidine rings is 2. The number of likely N-dealkylation sites (tertiary alicyclic amines) is 1. The predicted molar refractivity (Wildman–Crippen MR) is 97.0 cm³/mol. The van der Waals surface area contributed by atoms with E-state index in [1.165, 1.54) is 5.70 Å². The van der Waals surface area contributed by atoms with Gasteiger partial charge in [-0.15, -0.1) is 6.42 Å². The number of carbonyl (C=O) groups excluding carboxylic acids is 2. The second-order valence-corrected chi connectivity index (χ2v) is 8.12. The van der Waals surface area contributed by atoms with E-state index in [1.807, 2.05) is 4.90 Å². The van der Waals surface area contributed by atoms with E-state index in [1.54, 1.807) is 0 Å². The maximum absolute atomic E-state index is 12.4. The van der Waals surface area contributed by atoms with Gasteiger partial charge in [-0.25, -0.2) is 4.79 Å². The van der Waals surface area contributed by atoms with Gasteiger partial charge >= 0.3 is 6.09 Å². The van der Waals surface area contributed by atoms with Crippen LogP contribution in [0.25, 0.3) is 0 Å². The molecule has 4 heterocycles. The molecule has 0 saturated carbocycles. The van der Waals surface area contributed by atoms with Crippen molar-refractivity contribution >= 4 is 12.0 Å². The number of nitrogens with one attached hydrogen (secondary N) is 1. The van der Waals surface area contributed by atoms with E-state index in [9.17, 15) is 9.59 Å². The van der Waals surface area contributed by atoms with Crippen LogP contribution >= 0.6 is 0 Å². The minimum absolute atomic E-state index is 0.0340. The molecule has 140 valence electrons. The molecule has 1 spiro atoms. The van der Waals surface area contributed by atoms with E-state index >= 15 is 0 Å². The Balaban J connectivity index is 1.43. The standard InChI is InChI=1S/C20H27N3O3/c1-2-10-26-19(25)23-15-4-3-5-16(23)12-17(11-15)22-8-6-20(7-9-22)13-18(24)21-14-20/h1,11,15-16H,3-10,12-14H2,(H,21,24). The van der Waals surface area contributed by atoms with Crippen molar-refractivity contribution < 1.29 is 14.3 Å². The lowest BCUT2D eigenvalue weighted by atomic mass is 9.77. The normalized spacial score (nSPS) is 29.8. The Labute approximate surface area is 154 Å². The number of carbonyl (C=O) groups is 2. The molecule has 0 aromatic carbocycles. The van der Waals surface area contributed by atoms with Crippen LogP contribution in [-0.2, 0) is 9.53 Å². The van der Waals surface area contributed by atoms with Crippen LogP contribution in [0.5, 0.6) is 0 Å². The molecule has 2 amide bonds. The first-order valence-electron chi connectivity index (χ1n) is 9.71. The lowest BCUT2D eigenvalue weighted by Gasteiger charge is -2.48. The zero-order chi connectivity index (χ0) is 18.1. The summed E-state index contributed by atoms with van der Waals surface area (Å²) in [6.07, 6.45) is 14.1. The first-order valence-corrected chi connectivity index (χ1v) is 9.71. The van der Waals surface area contributed by atoms with Crippen LogP contribution in [0.1, 0.15) is 44.9 Å². The first kappa shape index (κ1) is 17.3. The van der Waals surface area contributed by atoms with Crippen molar-refractivity contribution in [2.45, 2.75) is 57.0 Å². The van der Waals surface area contributed by atoms with Crippen LogP contribution in [0, 0.1) is 17.8 Å². The highest BCUT2D eigenvalue weighted by molar-refractivity contribution is 5.79. The molecule has 2 bridgehead atoms. The third kappa shape index (κ3) is 3.15. The average Bonchev–Trinajstić information content (AvgIpc) is 2.99. The van der Waals surface area contributed by atoms with E-state index in [0.717, 1.165) is 58.2 Å². The summed E-state index contributed by atoms with van der Waals surface area (Å²) in [6.45, 7) is 2.87. The predicted octanol–water partition coefficient (Wildman–Crippen LogP) is 1.87. The molecule has 6 heteroatoms. The fourth-order valence-electron chi connectivity index (χ4n) is 5.08. The molecule has 1 N–H and O–H groups in total. The monoisotopic (exact) mass is 357 g/mol. The number of ether oxygens (including phenoxy) is 1. The average molecular weight is 357 g/mol. The van der Waals surface area contributed by atoms with Gasteiger partial charge in [0.05, 0.1) is 6.04 Å². The zero-order valence-corrected chi connectivity index (χ0v) is 15.2. The van der Waals surface area contributed by atoms with Gasteiger partial charge in [-0.3, -0.25) is 9.69 Å². The number of amides is 2. The van der Waals surface area contributed by atoms with Crippen LogP contribution in [0.3, 0.4) is 0 Å². The van der Waals surface area contributed by atoms with Crippen molar-refractivity contribution in [2.24, 2.45) is 5.41 Å². The fraction of sp³-hybridized carbons (Fsp3) is 0.700. The summed E-state index contributed by atoms with van der Waals surface area (Å²) < 4.78 is 5.19. The summed E-state index contributed by atoms with van der Waals surface area (Å²) in [5.41, 5.74) is 1.54. The molecule has 4 aliphatic rings. The van der Waals surface area contributed by atoms with Crippen molar-refractivity contribution in [3.05, 3.63) is 11.8 Å². The number of rotatable bonds is 2. The van der Waals surface area contributed by atoms with Crippen LogP contribution in [0.4, 0.5) is 4.79 Å². The number of nitrogens with zero attached hydrogens (tertiary/aromatic N) is 2. The number of terminal acetylenes is 1. The van der Waals surface area contributed by atoms with Gasteiger partial charge in [0.25, 0.3) is 0 Å². The van der Waals surface area contributed by atoms with E-state index < -0.39 is 0 Å². The number of hydrogen-bond donors (Lipinski definition) is 1. The Bertz CT molecular complexity index is 658. The first-order chi connectivity index (χ1) is 12.6. The molecule has 0 aromatic heterocycles.